The zero-order valence-electron chi connectivity index (χ0n) is 10.0. The molecule has 94 valence electrons. The Morgan fingerprint density at radius 2 is 2.59 bits per heavy atom. The summed E-state index contributed by atoms with van der Waals surface area (Å²) < 4.78 is 0. The average molecular weight is 254 g/mol. The Kier molecular flexibility index (Phi) is 4.12. The van der Waals surface area contributed by atoms with Gasteiger partial charge in [-0.05, 0) is 32.2 Å². The lowest BCUT2D eigenvalue weighted by molar-refractivity contribution is -0.137. The summed E-state index contributed by atoms with van der Waals surface area (Å²) in [5.74, 6) is -0.148. The van der Waals surface area contributed by atoms with E-state index in [1.54, 1.807) is 11.3 Å². The first-order valence-corrected chi connectivity index (χ1v) is 6.90. The van der Waals surface area contributed by atoms with Gasteiger partial charge in [-0.1, -0.05) is 0 Å². The Bertz CT molecular complexity index is 367. The largest absolute Gasteiger partial charge is 0.481 e. The van der Waals surface area contributed by atoms with Crippen molar-refractivity contribution in [2.45, 2.75) is 32.2 Å². The van der Waals surface area contributed by atoms with Crippen LogP contribution in [0.4, 0.5) is 0 Å². The molecule has 0 aliphatic carbocycles. The van der Waals surface area contributed by atoms with Crippen LogP contribution in [0.3, 0.4) is 0 Å². The highest BCUT2D eigenvalue weighted by atomic mass is 32.1. The quantitative estimate of drug-likeness (QED) is 0.876. The molecule has 0 amide bonds. The Morgan fingerprint density at radius 3 is 3.24 bits per heavy atom. The van der Waals surface area contributed by atoms with Crippen LogP contribution in [0, 0.1) is 5.92 Å². The summed E-state index contributed by atoms with van der Waals surface area (Å²) in [7, 11) is 0. The number of hydrogen-bond acceptors (Lipinski definition) is 4. The maximum Gasteiger partial charge on any atom is 0.303 e. The predicted octanol–water partition coefficient (Wildman–Crippen LogP) is 2.39. The summed E-state index contributed by atoms with van der Waals surface area (Å²) in [5.41, 5.74) is 0. The lowest BCUT2D eigenvalue weighted by atomic mass is 10.0. The van der Waals surface area contributed by atoms with E-state index >= 15 is 0 Å². The maximum absolute atomic E-state index is 10.5. The van der Waals surface area contributed by atoms with Crippen molar-refractivity contribution in [3.8, 4) is 0 Å². The van der Waals surface area contributed by atoms with E-state index in [1.165, 1.54) is 0 Å². The molecule has 2 atom stereocenters. The van der Waals surface area contributed by atoms with Crippen LogP contribution in [0.15, 0.2) is 11.6 Å². The number of aromatic nitrogens is 1. The summed E-state index contributed by atoms with van der Waals surface area (Å²) in [6.45, 7) is 4.25. The van der Waals surface area contributed by atoms with Crippen LogP contribution in [0.5, 0.6) is 0 Å². The SMILES string of the molecule is CC(c1nccs1)N1CCC(CCC(=O)O)C1. The number of carbonyl (C=O) groups is 1. The summed E-state index contributed by atoms with van der Waals surface area (Å²) >= 11 is 1.69. The van der Waals surface area contributed by atoms with E-state index in [9.17, 15) is 4.79 Å². The zero-order valence-corrected chi connectivity index (χ0v) is 10.8. The third kappa shape index (κ3) is 3.26. The third-order valence-corrected chi connectivity index (χ3v) is 4.39. The molecule has 2 unspecified atom stereocenters. The van der Waals surface area contributed by atoms with E-state index in [1.807, 2.05) is 11.6 Å². The third-order valence-electron chi connectivity index (χ3n) is 3.44. The molecule has 0 spiro atoms. The van der Waals surface area contributed by atoms with Crippen molar-refractivity contribution in [3.63, 3.8) is 0 Å². The topological polar surface area (TPSA) is 53.4 Å². The molecule has 1 N–H and O–H groups in total. The number of aliphatic carboxylic acids is 1. The van der Waals surface area contributed by atoms with E-state index in [0.29, 0.717) is 18.4 Å². The van der Waals surface area contributed by atoms with Gasteiger partial charge in [0.1, 0.15) is 5.01 Å². The van der Waals surface area contributed by atoms with E-state index in [2.05, 4.69) is 16.8 Å². The molecule has 1 aromatic rings. The summed E-state index contributed by atoms with van der Waals surface area (Å²) in [6, 6.07) is 0.366. The van der Waals surface area contributed by atoms with Gasteiger partial charge in [-0.25, -0.2) is 4.98 Å². The van der Waals surface area contributed by atoms with Crippen molar-refractivity contribution in [3.05, 3.63) is 16.6 Å². The summed E-state index contributed by atoms with van der Waals surface area (Å²) in [6.07, 6.45) is 4.05. The van der Waals surface area contributed by atoms with Gasteiger partial charge >= 0.3 is 5.97 Å². The highest BCUT2D eigenvalue weighted by Crippen LogP contribution is 2.30. The second-order valence-electron chi connectivity index (χ2n) is 4.63. The van der Waals surface area contributed by atoms with Gasteiger partial charge in [0.15, 0.2) is 0 Å². The van der Waals surface area contributed by atoms with Crippen LogP contribution in [-0.4, -0.2) is 34.0 Å². The lowest BCUT2D eigenvalue weighted by Crippen LogP contribution is -2.24. The Balaban J connectivity index is 1.83. The molecule has 0 aromatic carbocycles. The van der Waals surface area contributed by atoms with Crippen molar-refractivity contribution in [2.75, 3.05) is 13.1 Å². The molecular formula is C12H18N2O2S. The first-order valence-electron chi connectivity index (χ1n) is 6.02. The number of carboxylic acid groups (broad SMARTS) is 1. The van der Waals surface area contributed by atoms with Crippen molar-refractivity contribution >= 4 is 17.3 Å². The van der Waals surface area contributed by atoms with Gasteiger partial charge in [-0.2, -0.15) is 0 Å². The lowest BCUT2D eigenvalue weighted by Gasteiger charge is -2.22. The second-order valence-corrected chi connectivity index (χ2v) is 5.55. The standard InChI is InChI=1S/C12H18N2O2S/c1-9(12-13-5-7-17-12)14-6-4-10(8-14)2-3-11(15)16/h5,7,9-10H,2-4,6,8H2,1H3,(H,15,16). The molecule has 4 nitrogen and oxygen atoms in total. The van der Waals surface area contributed by atoms with Crippen LogP contribution >= 0.6 is 11.3 Å². The van der Waals surface area contributed by atoms with Crippen molar-refractivity contribution in [1.82, 2.24) is 9.88 Å². The van der Waals surface area contributed by atoms with Crippen LogP contribution in [0.2, 0.25) is 0 Å². The molecule has 1 aliphatic heterocycles. The van der Waals surface area contributed by atoms with Gasteiger partial charge < -0.3 is 5.11 Å². The number of rotatable bonds is 5. The molecule has 5 heteroatoms. The van der Waals surface area contributed by atoms with Crippen LogP contribution in [0.25, 0.3) is 0 Å². The molecule has 1 aromatic heterocycles. The van der Waals surface area contributed by atoms with Crippen LogP contribution in [-0.2, 0) is 4.79 Å². The van der Waals surface area contributed by atoms with Crippen LogP contribution < -0.4 is 0 Å². The monoisotopic (exact) mass is 254 g/mol. The number of hydrogen-bond donors (Lipinski definition) is 1. The average Bonchev–Trinajstić information content (AvgIpc) is 2.97. The minimum absolute atomic E-state index is 0.296. The van der Waals surface area contributed by atoms with Gasteiger partial charge in [0, 0.05) is 24.5 Å². The zero-order chi connectivity index (χ0) is 12.3. The fourth-order valence-electron chi connectivity index (χ4n) is 2.37. The molecule has 1 aliphatic rings. The first-order chi connectivity index (χ1) is 8.16. The first kappa shape index (κ1) is 12.5. The molecule has 2 heterocycles. The fourth-order valence-corrected chi connectivity index (χ4v) is 3.10. The van der Waals surface area contributed by atoms with Gasteiger partial charge in [0.05, 0.1) is 6.04 Å². The molecule has 0 radical (unpaired) electrons. The van der Waals surface area contributed by atoms with Gasteiger partial charge in [-0.15, -0.1) is 11.3 Å². The van der Waals surface area contributed by atoms with E-state index in [4.69, 9.17) is 5.11 Å². The second kappa shape index (κ2) is 5.60. The van der Waals surface area contributed by atoms with Gasteiger partial charge in [0.2, 0.25) is 0 Å². The number of thiazole rings is 1. The summed E-state index contributed by atoms with van der Waals surface area (Å²) in [5, 5.41) is 11.8. The predicted molar refractivity (Wildman–Crippen MR) is 67.1 cm³/mol. The maximum atomic E-state index is 10.5. The molecule has 0 saturated carbocycles. The van der Waals surface area contributed by atoms with Crippen molar-refractivity contribution < 1.29 is 9.90 Å². The normalized spacial score (nSPS) is 22.8. The van der Waals surface area contributed by atoms with E-state index < -0.39 is 5.97 Å². The number of likely N-dealkylation sites (tertiary alicyclic amines) is 1. The molecule has 1 saturated heterocycles. The highest BCUT2D eigenvalue weighted by molar-refractivity contribution is 7.09. The van der Waals surface area contributed by atoms with Gasteiger partial charge in [-0.3, -0.25) is 9.69 Å². The Labute approximate surface area is 105 Å². The van der Waals surface area contributed by atoms with Gasteiger partial charge in [0.25, 0.3) is 0 Å². The van der Waals surface area contributed by atoms with Crippen molar-refractivity contribution in [1.29, 1.82) is 0 Å². The Hall–Kier alpha value is -0.940. The fraction of sp³-hybridized carbons (Fsp3) is 0.667. The van der Waals surface area contributed by atoms with Crippen molar-refractivity contribution in [2.24, 2.45) is 5.92 Å². The molecule has 1 fully saturated rings. The smallest absolute Gasteiger partial charge is 0.303 e. The van der Waals surface area contributed by atoms with E-state index in [-0.39, 0.29) is 0 Å². The number of carboxylic acids is 1. The molecule has 0 bridgehead atoms. The molecule has 17 heavy (non-hydrogen) atoms. The highest BCUT2D eigenvalue weighted by Gasteiger charge is 2.27. The number of nitrogens with zero attached hydrogens (tertiary/aromatic N) is 2. The van der Waals surface area contributed by atoms with Crippen LogP contribution in [0.1, 0.15) is 37.2 Å². The minimum atomic E-state index is -0.684. The summed E-state index contributed by atoms with van der Waals surface area (Å²) in [4.78, 5) is 17.3. The van der Waals surface area contributed by atoms with E-state index in [0.717, 1.165) is 30.9 Å². The molecular weight excluding hydrogens is 236 g/mol. The molecule has 2 rings (SSSR count). The Morgan fingerprint density at radius 1 is 1.76 bits per heavy atom. The minimum Gasteiger partial charge on any atom is -0.481 e.